The van der Waals surface area contributed by atoms with Crippen molar-refractivity contribution in [2.75, 3.05) is 27.2 Å². The van der Waals surface area contributed by atoms with Gasteiger partial charge in [-0.15, -0.1) is 0 Å². The summed E-state index contributed by atoms with van der Waals surface area (Å²) in [5.41, 5.74) is 3.47. The molecule has 0 radical (unpaired) electrons. The lowest BCUT2D eigenvalue weighted by Gasteiger charge is -2.17. The highest BCUT2D eigenvalue weighted by atomic mass is 16.2. The van der Waals surface area contributed by atoms with Crippen LogP contribution in [0.15, 0.2) is 36.8 Å². The smallest absolute Gasteiger partial charge is 0.258 e. The minimum Gasteiger partial charge on any atom is -0.345 e. The van der Waals surface area contributed by atoms with Gasteiger partial charge in [0.1, 0.15) is 5.56 Å². The number of pyridine rings is 1. The number of amides is 2. The first-order valence-electron chi connectivity index (χ1n) is 9.22. The zero-order valence-electron chi connectivity index (χ0n) is 16.2. The van der Waals surface area contributed by atoms with Crippen molar-refractivity contribution in [1.29, 1.82) is 0 Å². The van der Waals surface area contributed by atoms with E-state index in [1.54, 1.807) is 37.2 Å². The lowest BCUT2D eigenvalue weighted by molar-refractivity contribution is 0.0789. The van der Waals surface area contributed by atoms with E-state index in [0.29, 0.717) is 29.9 Å². The predicted molar refractivity (Wildman–Crippen MR) is 103 cm³/mol. The molecule has 3 aromatic heterocycles. The molecule has 0 unspecified atom stereocenters. The van der Waals surface area contributed by atoms with Crippen LogP contribution in [0.1, 0.15) is 44.4 Å². The van der Waals surface area contributed by atoms with Crippen molar-refractivity contribution < 1.29 is 9.59 Å². The molecule has 144 valence electrons. The summed E-state index contributed by atoms with van der Waals surface area (Å²) in [5.74, 6) is -0.00551. The van der Waals surface area contributed by atoms with Crippen molar-refractivity contribution in [2.24, 2.45) is 0 Å². The van der Waals surface area contributed by atoms with Crippen LogP contribution in [0, 0.1) is 6.92 Å². The normalized spacial score (nSPS) is 16.5. The maximum Gasteiger partial charge on any atom is 0.258 e. The Labute approximate surface area is 162 Å². The van der Waals surface area contributed by atoms with Crippen LogP contribution in [0.25, 0.3) is 5.65 Å². The standard InChI is InChI=1S/C20H22N6O2/c1-13-4-5-14(10-22-13)19(27)25-9-7-15(12-25)17-6-8-21-18-16(11-23-26(17)18)20(28)24(2)3/h4-6,8,10-11,15H,7,9,12H2,1-3H3/t15-/m1/s1. The van der Waals surface area contributed by atoms with Crippen LogP contribution in [-0.4, -0.2) is 68.4 Å². The maximum atomic E-state index is 12.8. The Kier molecular flexibility index (Phi) is 4.54. The molecule has 8 nitrogen and oxygen atoms in total. The average Bonchev–Trinajstić information content (AvgIpc) is 3.34. The van der Waals surface area contributed by atoms with Crippen LogP contribution in [-0.2, 0) is 0 Å². The Balaban J connectivity index is 1.59. The Morgan fingerprint density at radius 3 is 2.68 bits per heavy atom. The quantitative estimate of drug-likeness (QED) is 0.693. The summed E-state index contributed by atoms with van der Waals surface area (Å²) in [6, 6.07) is 5.57. The second-order valence-electron chi connectivity index (χ2n) is 7.29. The molecular weight excluding hydrogens is 356 g/mol. The van der Waals surface area contributed by atoms with Crippen molar-refractivity contribution in [1.82, 2.24) is 29.4 Å². The minimum atomic E-state index is -0.130. The number of carbonyl (C=O) groups excluding carboxylic acids is 2. The number of nitrogens with zero attached hydrogens (tertiary/aromatic N) is 6. The molecule has 28 heavy (non-hydrogen) atoms. The van der Waals surface area contributed by atoms with Gasteiger partial charge in [0.25, 0.3) is 11.8 Å². The molecule has 0 bridgehead atoms. The maximum absolute atomic E-state index is 12.8. The first kappa shape index (κ1) is 18.1. The van der Waals surface area contributed by atoms with E-state index in [-0.39, 0.29) is 17.7 Å². The van der Waals surface area contributed by atoms with E-state index < -0.39 is 0 Å². The van der Waals surface area contributed by atoms with Crippen molar-refractivity contribution in [3.05, 3.63) is 59.3 Å². The van der Waals surface area contributed by atoms with Crippen molar-refractivity contribution in [2.45, 2.75) is 19.3 Å². The summed E-state index contributed by atoms with van der Waals surface area (Å²) >= 11 is 0. The van der Waals surface area contributed by atoms with Gasteiger partial charge in [0.2, 0.25) is 0 Å². The lowest BCUT2D eigenvalue weighted by Crippen LogP contribution is -2.28. The molecular formula is C20H22N6O2. The molecule has 3 aromatic rings. The Morgan fingerprint density at radius 1 is 1.14 bits per heavy atom. The van der Waals surface area contributed by atoms with Crippen molar-refractivity contribution in [3.63, 3.8) is 0 Å². The molecule has 0 aromatic carbocycles. The fraction of sp³-hybridized carbons (Fsp3) is 0.350. The van der Waals surface area contributed by atoms with E-state index in [9.17, 15) is 9.59 Å². The fourth-order valence-electron chi connectivity index (χ4n) is 3.57. The Hall–Kier alpha value is -3.29. The number of hydrogen-bond donors (Lipinski definition) is 0. The number of aromatic nitrogens is 4. The summed E-state index contributed by atoms with van der Waals surface area (Å²) in [5, 5.41) is 4.40. The zero-order valence-corrected chi connectivity index (χ0v) is 16.2. The highest BCUT2D eigenvalue weighted by Crippen LogP contribution is 2.28. The molecule has 1 aliphatic heterocycles. The molecule has 1 fully saturated rings. The Bertz CT molecular complexity index is 1040. The molecule has 0 spiro atoms. The lowest BCUT2D eigenvalue weighted by atomic mass is 10.0. The van der Waals surface area contributed by atoms with Crippen molar-refractivity contribution >= 4 is 17.5 Å². The molecule has 1 aliphatic rings. The minimum absolute atomic E-state index is 0.00996. The third kappa shape index (κ3) is 3.11. The van der Waals surface area contributed by atoms with E-state index in [4.69, 9.17) is 0 Å². The molecule has 0 aliphatic carbocycles. The van der Waals surface area contributed by atoms with Crippen LogP contribution in [0.5, 0.6) is 0 Å². The van der Waals surface area contributed by atoms with Gasteiger partial charge in [0, 0.05) is 51.2 Å². The van der Waals surface area contributed by atoms with Gasteiger partial charge >= 0.3 is 0 Å². The van der Waals surface area contributed by atoms with Crippen LogP contribution >= 0.6 is 0 Å². The SMILES string of the molecule is Cc1ccc(C(=O)N2CC[C@@H](c3ccnc4c(C(=O)N(C)C)cnn34)C2)cn1. The van der Waals surface area contributed by atoms with E-state index in [1.807, 2.05) is 30.0 Å². The van der Waals surface area contributed by atoms with E-state index in [1.165, 1.54) is 4.90 Å². The number of carbonyl (C=O) groups is 2. The van der Waals surface area contributed by atoms with Gasteiger partial charge in [-0.3, -0.25) is 14.6 Å². The highest BCUT2D eigenvalue weighted by molar-refractivity contribution is 5.99. The molecule has 8 heteroatoms. The first-order chi connectivity index (χ1) is 13.5. The molecule has 0 saturated carbocycles. The van der Waals surface area contributed by atoms with Crippen LogP contribution in [0.2, 0.25) is 0 Å². The van der Waals surface area contributed by atoms with Gasteiger partial charge in [-0.05, 0) is 31.5 Å². The van der Waals surface area contributed by atoms with Crippen LogP contribution < -0.4 is 0 Å². The molecule has 2 amide bonds. The largest absolute Gasteiger partial charge is 0.345 e. The summed E-state index contributed by atoms with van der Waals surface area (Å²) in [4.78, 5) is 37.0. The van der Waals surface area contributed by atoms with Gasteiger partial charge < -0.3 is 9.80 Å². The van der Waals surface area contributed by atoms with Crippen LogP contribution in [0.4, 0.5) is 0 Å². The van der Waals surface area contributed by atoms with E-state index in [2.05, 4.69) is 15.1 Å². The summed E-state index contributed by atoms with van der Waals surface area (Å²) in [7, 11) is 3.41. The fourth-order valence-corrected chi connectivity index (χ4v) is 3.57. The van der Waals surface area contributed by atoms with Gasteiger partial charge in [-0.1, -0.05) is 0 Å². The summed E-state index contributed by atoms with van der Waals surface area (Å²) in [6.07, 6.45) is 5.72. The summed E-state index contributed by atoms with van der Waals surface area (Å²) < 4.78 is 1.73. The third-order valence-electron chi connectivity index (χ3n) is 5.12. The number of hydrogen-bond acceptors (Lipinski definition) is 5. The average molecular weight is 378 g/mol. The molecule has 4 rings (SSSR count). The molecule has 1 saturated heterocycles. The van der Waals surface area contributed by atoms with Crippen LogP contribution in [0.3, 0.4) is 0 Å². The van der Waals surface area contributed by atoms with Gasteiger partial charge in [-0.25, -0.2) is 9.50 Å². The molecule has 1 atom stereocenters. The first-order valence-corrected chi connectivity index (χ1v) is 9.22. The predicted octanol–water partition coefficient (Wildman–Crippen LogP) is 1.76. The number of fused-ring (bicyclic) bond motifs is 1. The second-order valence-corrected chi connectivity index (χ2v) is 7.29. The highest BCUT2D eigenvalue weighted by Gasteiger charge is 2.30. The van der Waals surface area contributed by atoms with Crippen molar-refractivity contribution in [3.8, 4) is 0 Å². The van der Waals surface area contributed by atoms with Gasteiger partial charge in [0.05, 0.1) is 17.5 Å². The number of likely N-dealkylation sites (tertiary alicyclic amines) is 1. The van der Waals surface area contributed by atoms with Gasteiger partial charge in [0.15, 0.2) is 5.65 Å². The molecule has 4 heterocycles. The third-order valence-corrected chi connectivity index (χ3v) is 5.12. The molecule has 0 N–H and O–H groups in total. The zero-order chi connectivity index (χ0) is 19.8. The van der Waals surface area contributed by atoms with E-state index in [0.717, 1.165) is 17.8 Å². The number of aryl methyl sites for hydroxylation is 1. The van der Waals surface area contributed by atoms with E-state index >= 15 is 0 Å². The number of rotatable bonds is 3. The Morgan fingerprint density at radius 2 is 1.96 bits per heavy atom. The summed E-state index contributed by atoms with van der Waals surface area (Å²) in [6.45, 7) is 3.17. The topological polar surface area (TPSA) is 83.7 Å². The van der Waals surface area contributed by atoms with Gasteiger partial charge in [-0.2, -0.15) is 5.10 Å². The monoisotopic (exact) mass is 378 g/mol. The second kappa shape index (κ2) is 7.03.